The quantitative estimate of drug-likeness (QED) is 0.0483. The average molecular weight is 480 g/mol. The van der Waals surface area contributed by atoms with E-state index in [-0.39, 0.29) is 19.9 Å². The van der Waals surface area contributed by atoms with Crippen molar-refractivity contribution >= 4 is 38.7 Å². The molecule has 2 nitrogen and oxygen atoms in total. The molecule has 0 heterocycles. The fourth-order valence-electron chi connectivity index (χ4n) is 3.76. The van der Waals surface area contributed by atoms with Crippen molar-refractivity contribution in [3.8, 4) is 0 Å². The second-order valence-corrected chi connectivity index (χ2v) is 13.0. The maximum atomic E-state index is 11.1. The molecule has 5 heteroatoms. The van der Waals surface area contributed by atoms with E-state index in [9.17, 15) is 4.79 Å². The van der Waals surface area contributed by atoms with Crippen molar-refractivity contribution in [3.63, 3.8) is 0 Å². The van der Waals surface area contributed by atoms with Gasteiger partial charge in [0, 0.05) is 6.08 Å². The summed E-state index contributed by atoms with van der Waals surface area (Å²) >= 11 is 11.6. The number of ether oxygens (including phenoxy) is 1. The predicted molar refractivity (Wildman–Crippen MR) is 138 cm³/mol. The lowest BCUT2D eigenvalue weighted by Gasteiger charge is -2.04. The third-order valence-corrected chi connectivity index (χ3v) is 8.27. The molecule has 0 aromatic rings. The van der Waals surface area contributed by atoms with Gasteiger partial charge in [-0.25, -0.2) is 4.79 Å². The third-order valence-electron chi connectivity index (χ3n) is 5.61. The zero-order valence-corrected chi connectivity index (χ0v) is 22.6. The molecule has 178 valence electrons. The van der Waals surface area contributed by atoms with Crippen molar-refractivity contribution in [2.24, 2.45) is 0 Å². The molecule has 0 N–H and O–H groups in total. The Morgan fingerprint density at radius 1 is 0.700 bits per heavy atom. The summed E-state index contributed by atoms with van der Waals surface area (Å²) in [4.78, 5) is 11.1. The van der Waals surface area contributed by atoms with Gasteiger partial charge >= 0.3 is 5.97 Å². The van der Waals surface area contributed by atoms with Gasteiger partial charge in [0.15, 0.2) is 0 Å². The van der Waals surface area contributed by atoms with Crippen LogP contribution in [0.2, 0.25) is 6.04 Å². The summed E-state index contributed by atoms with van der Waals surface area (Å²) in [5, 5.41) is 0. The molecule has 0 amide bonds. The molecular weight excluding hydrogens is 431 g/mol. The molecule has 0 aromatic heterocycles. The first-order valence-corrected chi connectivity index (χ1v) is 15.4. The highest BCUT2D eigenvalue weighted by Crippen LogP contribution is 2.15. The maximum Gasteiger partial charge on any atom is 0.330 e. The minimum atomic E-state index is -0.214. The number of carbonyl (C=O) groups excluding carboxylic acids is 1. The number of hydrogen-bond acceptors (Lipinski definition) is 2. The summed E-state index contributed by atoms with van der Waals surface area (Å²) in [6.07, 6.45) is 27.6. The van der Waals surface area contributed by atoms with Crippen molar-refractivity contribution in [3.05, 3.63) is 12.2 Å². The van der Waals surface area contributed by atoms with Crippen LogP contribution in [0.5, 0.6) is 0 Å². The van der Waals surface area contributed by atoms with Gasteiger partial charge < -0.3 is 4.74 Å². The standard InChI is InChI=1S/C25H48Cl2O2Si/c1-2-21-24(28)29-22-19-17-15-13-11-9-7-5-3-4-6-8-10-12-14-16-18-20-23-30-25(26)27/h2,21,25H,3-20,22-23,30H2,1H3. The molecule has 30 heavy (non-hydrogen) atoms. The molecule has 0 aliphatic rings. The number of esters is 1. The SMILES string of the molecule is CC=CC(=O)OCCCCCCCCCCCCCCCCCCCC[SiH2]C(Cl)Cl. The van der Waals surface area contributed by atoms with Gasteiger partial charge in [0.1, 0.15) is 0 Å². The predicted octanol–water partition coefficient (Wildman–Crippen LogP) is 8.48. The van der Waals surface area contributed by atoms with Gasteiger partial charge in [0.05, 0.1) is 20.6 Å². The van der Waals surface area contributed by atoms with E-state index >= 15 is 0 Å². The summed E-state index contributed by atoms with van der Waals surface area (Å²) in [7, 11) is -0.211. The van der Waals surface area contributed by atoms with Crippen LogP contribution < -0.4 is 0 Å². The summed E-state index contributed by atoms with van der Waals surface area (Å²) in [6.45, 7) is 2.39. The summed E-state index contributed by atoms with van der Waals surface area (Å²) in [5.74, 6) is -0.214. The molecule has 0 atom stereocenters. The number of carbonyl (C=O) groups is 1. The van der Waals surface area contributed by atoms with Crippen LogP contribution in [-0.2, 0) is 9.53 Å². The molecule has 0 saturated heterocycles. The first-order chi connectivity index (χ1) is 14.7. The number of alkyl halides is 2. The zero-order chi connectivity index (χ0) is 22.1. The number of unbranched alkanes of at least 4 members (excludes halogenated alkanes) is 17. The Kier molecular flexibility index (Phi) is 25.3. The molecule has 0 fully saturated rings. The van der Waals surface area contributed by atoms with E-state index in [1.165, 1.54) is 121 Å². The molecule has 0 spiro atoms. The lowest BCUT2D eigenvalue weighted by Crippen LogP contribution is -2.01. The second kappa shape index (κ2) is 25.3. The van der Waals surface area contributed by atoms with Gasteiger partial charge in [-0.05, 0) is 13.3 Å². The van der Waals surface area contributed by atoms with Crippen LogP contribution in [0.3, 0.4) is 0 Å². The Morgan fingerprint density at radius 3 is 1.43 bits per heavy atom. The Labute approximate surface area is 199 Å². The normalized spacial score (nSPS) is 12.0. The highest BCUT2D eigenvalue weighted by Gasteiger charge is 1.99. The fourth-order valence-corrected chi connectivity index (χ4v) is 5.64. The molecule has 0 rings (SSSR count). The lowest BCUT2D eigenvalue weighted by atomic mass is 10.0. The van der Waals surface area contributed by atoms with Gasteiger partial charge in [-0.15, -0.1) is 23.2 Å². The number of rotatable bonds is 23. The molecule has 0 bridgehead atoms. The maximum absolute atomic E-state index is 11.1. The molecule has 0 saturated carbocycles. The summed E-state index contributed by atoms with van der Waals surface area (Å²) in [6, 6.07) is 1.31. The van der Waals surface area contributed by atoms with Crippen LogP contribution in [0.1, 0.15) is 122 Å². The topological polar surface area (TPSA) is 26.3 Å². The first kappa shape index (κ1) is 30.0. The van der Waals surface area contributed by atoms with E-state index in [1.54, 1.807) is 6.08 Å². The monoisotopic (exact) mass is 478 g/mol. The van der Waals surface area contributed by atoms with Gasteiger partial charge in [-0.1, -0.05) is 121 Å². The van der Waals surface area contributed by atoms with Crippen molar-refractivity contribution in [2.45, 2.75) is 133 Å². The van der Waals surface area contributed by atoms with Crippen LogP contribution in [0.4, 0.5) is 0 Å². The summed E-state index contributed by atoms with van der Waals surface area (Å²) < 4.78 is 5.06. The molecule has 0 aliphatic carbocycles. The Balaban J connectivity index is 3.06. The van der Waals surface area contributed by atoms with Gasteiger partial charge in [-0.2, -0.15) is 0 Å². The van der Waals surface area contributed by atoms with Crippen LogP contribution in [0.15, 0.2) is 12.2 Å². The van der Waals surface area contributed by atoms with E-state index in [0.717, 1.165) is 6.42 Å². The zero-order valence-electron chi connectivity index (χ0n) is 19.7. The smallest absolute Gasteiger partial charge is 0.330 e. The van der Waals surface area contributed by atoms with E-state index in [0.29, 0.717) is 6.61 Å². The van der Waals surface area contributed by atoms with Crippen molar-refractivity contribution in [1.82, 2.24) is 0 Å². The minimum absolute atomic E-state index is 0.0335. The lowest BCUT2D eigenvalue weighted by molar-refractivity contribution is -0.137. The molecule has 0 aromatic carbocycles. The average Bonchev–Trinajstić information content (AvgIpc) is 2.71. The largest absolute Gasteiger partial charge is 0.463 e. The van der Waals surface area contributed by atoms with Gasteiger partial charge in [0.25, 0.3) is 0 Å². The van der Waals surface area contributed by atoms with Crippen LogP contribution in [0, 0.1) is 0 Å². The Hall–Kier alpha value is 0.00688. The van der Waals surface area contributed by atoms with E-state index in [2.05, 4.69) is 0 Å². The fraction of sp³-hybridized carbons (Fsp3) is 0.880. The molecule has 0 aliphatic heterocycles. The highest BCUT2D eigenvalue weighted by molar-refractivity contribution is 6.68. The second-order valence-electron chi connectivity index (χ2n) is 8.56. The van der Waals surface area contributed by atoms with Crippen molar-refractivity contribution < 1.29 is 9.53 Å². The van der Waals surface area contributed by atoms with Crippen LogP contribution >= 0.6 is 23.2 Å². The Bertz CT molecular complexity index is 389. The van der Waals surface area contributed by atoms with E-state index in [1.807, 2.05) is 6.92 Å². The summed E-state index contributed by atoms with van der Waals surface area (Å²) in [5.41, 5.74) is 0. The number of allylic oxidation sites excluding steroid dienone is 1. The first-order valence-electron chi connectivity index (χ1n) is 12.7. The van der Waals surface area contributed by atoms with E-state index < -0.39 is 0 Å². The van der Waals surface area contributed by atoms with E-state index in [4.69, 9.17) is 27.9 Å². The van der Waals surface area contributed by atoms with Crippen LogP contribution in [0.25, 0.3) is 0 Å². The minimum Gasteiger partial charge on any atom is -0.463 e. The molecular formula is C25H48Cl2O2Si. The Morgan fingerprint density at radius 2 is 1.07 bits per heavy atom. The van der Waals surface area contributed by atoms with Crippen LogP contribution in [-0.4, -0.2) is 26.6 Å². The highest BCUT2D eigenvalue weighted by atomic mass is 35.5. The molecule has 0 radical (unpaired) electrons. The van der Waals surface area contributed by atoms with Crippen molar-refractivity contribution in [1.29, 1.82) is 0 Å². The number of hydrogen-bond donors (Lipinski definition) is 0. The van der Waals surface area contributed by atoms with Gasteiger partial charge in [-0.3, -0.25) is 0 Å². The van der Waals surface area contributed by atoms with Crippen molar-refractivity contribution in [2.75, 3.05) is 6.61 Å². The van der Waals surface area contributed by atoms with Gasteiger partial charge in [0.2, 0.25) is 0 Å². The number of halogens is 2. The molecule has 0 unspecified atom stereocenters. The third kappa shape index (κ3) is 26.0.